The Morgan fingerprint density at radius 1 is 1.14 bits per heavy atom. The van der Waals surface area contributed by atoms with E-state index >= 15 is 4.39 Å². The molecular weight excluding hydrogens is 596 g/mol. The first-order chi connectivity index (χ1) is 21.4. The van der Waals surface area contributed by atoms with Crippen LogP contribution in [-0.2, 0) is 9.47 Å². The summed E-state index contributed by atoms with van der Waals surface area (Å²) in [6.45, 7) is 3.25. The Morgan fingerprint density at radius 3 is 2.86 bits per heavy atom. The monoisotopic (exact) mass is 629 g/mol. The van der Waals surface area contributed by atoms with Crippen LogP contribution in [0.5, 0.6) is 17.6 Å². The third-order valence-electron chi connectivity index (χ3n) is 9.54. The first-order valence-corrected chi connectivity index (χ1v) is 15.7. The second-order valence-corrected chi connectivity index (χ2v) is 12.8. The summed E-state index contributed by atoms with van der Waals surface area (Å²) in [4.78, 5) is 18.4. The lowest BCUT2D eigenvalue weighted by molar-refractivity contribution is 0.0511. The van der Waals surface area contributed by atoms with Gasteiger partial charge in [-0.2, -0.15) is 9.97 Å². The second-order valence-electron chi connectivity index (χ2n) is 12.4. The standard InChI is InChI=1S/C31H34ClF2N5O5/c1-40-16-44-20-9-21(23(17-3-4-17)22(32)10-20)26-25(34)27-24-28(39-7-8-41-13-19(39)14-42-29(24)35-26)37-30(36-27)43-15-31-5-2-6-38(31)12-18(33)11-31/h9-10,17-19H,2-8,11-16H2,1H3/t18-,19+,31+/m1/s1. The van der Waals surface area contributed by atoms with Crippen molar-refractivity contribution in [3.8, 4) is 28.9 Å². The SMILES string of the molecule is COCOc1cc(Cl)c(C2CC2)c(-c2nc3c4c(nc(OC[C@@]56CCCN5C[C@H](F)C6)nc4c2F)N2CCOC[C@H]2CO3)c1. The Bertz CT molecular complexity index is 1610. The van der Waals surface area contributed by atoms with E-state index in [2.05, 4.69) is 14.8 Å². The van der Waals surface area contributed by atoms with Gasteiger partial charge in [-0.1, -0.05) is 11.6 Å². The molecule has 6 heterocycles. The van der Waals surface area contributed by atoms with E-state index < -0.39 is 17.5 Å². The predicted molar refractivity (Wildman–Crippen MR) is 158 cm³/mol. The first-order valence-electron chi connectivity index (χ1n) is 15.3. The lowest BCUT2D eigenvalue weighted by Gasteiger charge is -2.35. The highest BCUT2D eigenvalue weighted by molar-refractivity contribution is 6.32. The van der Waals surface area contributed by atoms with E-state index in [4.69, 9.17) is 45.3 Å². The van der Waals surface area contributed by atoms with Crippen LogP contribution in [0.25, 0.3) is 22.2 Å². The molecule has 0 bridgehead atoms. The van der Waals surface area contributed by atoms with Gasteiger partial charge in [0.25, 0.3) is 0 Å². The molecular formula is C31H34ClF2N5O5. The maximum Gasteiger partial charge on any atom is 0.319 e. The van der Waals surface area contributed by atoms with Crippen LogP contribution >= 0.6 is 11.6 Å². The van der Waals surface area contributed by atoms with E-state index in [1.807, 2.05) is 0 Å². The number of ether oxygens (including phenoxy) is 5. The molecule has 10 nitrogen and oxygen atoms in total. The lowest BCUT2D eigenvalue weighted by Crippen LogP contribution is -2.48. The zero-order valence-corrected chi connectivity index (χ0v) is 25.2. The molecule has 44 heavy (non-hydrogen) atoms. The molecule has 0 N–H and O–H groups in total. The number of hydrogen-bond donors (Lipinski definition) is 0. The van der Waals surface area contributed by atoms with E-state index in [0.29, 0.717) is 60.3 Å². The van der Waals surface area contributed by atoms with Crippen LogP contribution in [-0.4, -0.2) is 97.6 Å². The zero-order valence-electron chi connectivity index (χ0n) is 24.5. The van der Waals surface area contributed by atoms with E-state index in [-0.39, 0.29) is 55.1 Å². The molecule has 4 aliphatic heterocycles. The first kappa shape index (κ1) is 28.4. The molecule has 0 spiro atoms. The fraction of sp³-hybridized carbons (Fsp3) is 0.581. The minimum absolute atomic E-state index is 0.0131. The molecule has 3 saturated heterocycles. The predicted octanol–water partition coefficient (Wildman–Crippen LogP) is 4.90. The van der Waals surface area contributed by atoms with Gasteiger partial charge in [0.1, 0.15) is 47.5 Å². The molecule has 5 aliphatic rings. The Kier molecular flexibility index (Phi) is 7.15. The van der Waals surface area contributed by atoms with Gasteiger partial charge >= 0.3 is 6.01 Å². The zero-order chi connectivity index (χ0) is 30.0. The minimum atomic E-state index is -0.892. The number of methoxy groups -OCH3 is 1. The Hall–Kier alpha value is -3.06. The van der Waals surface area contributed by atoms with E-state index in [1.165, 1.54) is 7.11 Å². The molecule has 1 saturated carbocycles. The van der Waals surface area contributed by atoms with Crippen molar-refractivity contribution in [3.05, 3.63) is 28.5 Å². The number of rotatable bonds is 8. The molecule has 8 rings (SSSR count). The number of nitrogens with zero attached hydrogens (tertiary/aromatic N) is 5. The van der Waals surface area contributed by atoms with Crippen molar-refractivity contribution in [1.82, 2.24) is 19.9 Å². The summed E-state index contributed by atoms with van der Waals surface area (Å²) >= 11 is 6.77. The molecule has 0 radical (unpaired) electrons. The fourth-order valence-electron chi connectivity index (χ4n) is 7.34. The van der Waals surface area contributed by atoms with Gasteiger partial charge in [0.05, 0.1) is 24.8 Å². The summed E-state index contributed by atoms with van der Waals surface area (Å²) in [7, 11) is 1.53. The van der Waals surface area contributed by atoms with Crippen molar-refractivity contribution in [2.45, 2.75) is 55.8 Å². The Balaban J connectivity index is 1.27. The van der Waals surface area contributed by atoms with Crippen LogP contribution in [0, 0.1) is 5.82 Å². The highest BCUT2D eigenvalue weighted by Crippen LogP contribution is 2.50. The van der Waals surface area contributed by atoms with Crippen LogP contribution in [0.1, 0.15) is 43.6 Å². The van der Waals surface area contributed by atoms with Crippen molar-refractivity contribution in [1.29, 1.82) is 0 Å². The molecule has 0 unspecified atom stereocenters. The lowest BCUT2D eigenvalue weighted by atomic mass is 9.95. The third-order valence-corrected chi connectivity index (χ3v) is 9.86. The van der Waals surface area contributed by atoms with Gasteiger partial charge in [0.15, 0.2) is 12.6 Å². The number of halogens is 3. The van der Waals surface area contributed by atoms with Gasteiger partial charge in [-0.15, -0.1) is 0 Å². The van der Waals surface area contributed by atoms with Gasteiger partial charge in [-0.3, -0.25) is 4.90 Å². The number of benzene rings is 1. The summed E-state index contributed by atoms with van der Waals surface area (Å²) in [5.74, 6) is 0.743. The molecule has 0 amide bonds. The number of fused-ring (bicyclic) bond motifs is 3. The largest absolute Gasteiger partial charge is 0.475 e. The summed E-state index contributed by atoms with van der Waals surface area (Å²) in [5.41, 5.74) is 1.07. The second kappa shape index (κ2) is 11.1. The van der Waals surface area contributed by atoms with Crippen LogP contribution < -0.4 is 19.1 Å². The number of morpholine rings is 1. The van der Waals surface area contributed by atoms with Gasteiger partial charge < -0.3 is 28.6 Å². The molecule has 1 aliphatic carbocycles. The van der Waals surface area contributed by atoms with Crippen molar-refractivity contribution in [3.63, 3.8) is 0 Å². The highest BCUT2D eigenvalue weighted by Gasteiger charge is 2.49. The molecule has 2 aromatic heterocycles. The van der Waals surface area contributed by atoms with Crippen LogP contribution in [0.4, 0.5) is 14.6 Å². The van der Waals surface area contributed by atoms with Crippen molar-refractivity contribution in [2.75, 3.05) is 64.9 Å². The highest BCUT2D eigenvalue weighted by atomic mass is 35.5. The van der Waals surface area contributed by atoms with Crippen LogP contribution in [0.3, 0.4) is 0 Å². The number of anilines is 1. The van der Waals surface area contributed by atoms with Crippen LogP contribution in [0.15, 0.2) is 12.1 Å². The topological polar surface area (TPSA) is 91.3 Å². The Labute approximate surface area is 258 Å². The molecule has 3 aromatic rings. The average molecular weight is 630 g/mol. The number of alkyl halides is 1. The summed E-state index contributed by atoms with van der Waals surface area (Å²) in [6, 6.07) is 3.37. The number of hydrogen-bond acceptors (Lipinski definition) is 10. The minimum Gasteiger partial charge on any atom is -0.475 e. The summed E-state index contributed by atoms with van der Waals surface area (Å²) in [6.07, 6.45) is 3.24. The quantitative estimate of drug-likeness (QED) is 0.321. The smallest absolute Gasteiger partial charge is 0.319 e. The van der Waals surface area contributed by atoms with Crippen LogP contribution in [0.2, 0.25) is 5.02 Å². The molecule has 13 heteroatoms. The number of pyridine rings is 1. The molecule has 1 aromatic carbocycles. The van der Waals surface area contributed by atoms with Crippen molar-refractivity contribution >= 4 is 28.3 Å². The van der Waals surface area contributed by atoms with E-state index in [0.717, 1.165) is 37.8 Å². The maximum atomic E-state index is 16.9. The average Bonchev–Trinajstić information content (AvgIpc) is 3.74. The molecule has 234 valence electrons. The van der Waals surface area contributed by atoms with Gasteiger partial charge in [-0.25, -0.2) is 13.8 Å². The van der Waals surface area contributed by atoms with Crippen molar-refractivity contribution in [2.24, 2.45) is 0 Å². The van der Waals surface area contributed by atoms with Crippen molar-refractivity contribution < 1.29 is 32.5 Å². The van der Waals surface area contributed by atoms with Gasteiger partial charge in [0.2, 0.25) is 5.88 Å². The van der Waals surface area contributed by atoms with E-state index in [9.17, 15) is 4.39 Å². The Morgan fingerprint density at radius 2 is 2.02 bits per heavy atom. The number of aromatic nitrogens is 3. The van der Waals surface area contributed by atoms with E-state index in [1.54, 1.807) is 12.1 Å². The fourth-order valence-corrected chi connectivity index (χ4v) is 7.70. The maximum absolute atomic E-state index is 16.9. The van der Waals surface area contributed by atoms with Gasteiger partial charge in [-0.05, 0) is 55.8 Å². The molecule has 3 atom stereocenters. The summed E-state index contributed by atoms with van der Waals surface area (Å²) < 4.78 is 60.4. The third kappa shape index (κ3) is 4.81. The molecule has 4 fully saturated rings. The van der Waals surface area contributed by atoms with Gasteiger partial charge in [0, 0.05) is 37.2 Å². The summed E-state index contributed by atoms with van der Waals surface area (Å²) in [5, 5.41) is 0.869. The normalized spacial score (nSPS) is 26.3.